The van der Waals surface area contributed by atoms with Crippen LogP contribution in [0.4, 0.5) is 0 Å². The summed E-state index contributed by atoms with van der Waals surface area (Å²) in [7, 11) is 1.63. The van der Waals surface area contributed by atoms with Crippen LogP contribution >= 0.6 is 0 Å². The Morgan fingerprint density at radius 1 is 1.16 bits per heavy atom. The van der Waals surface area contributed by atoms with Gasteiger partial charge in [-0.3, -0.25) is 4.79 Å². The minimum atomic E-state index is -1.03. The number of hydrogen-bond acceptors (Lipinski definition) is 3. The average Bonchev–Trinajstić information content (AvgIpc) is 2.61. The molecule has 0 aromatic carbocycles. The summed E-state index contributed by atoms with van der Waals surface area (Å²) < 4.78 is 4.92. The summed E-state index contributed by atoms with van der Waals surface area (Å²) in [5, 5.41) is 12.2. The third-order valence-corrected chi connectivity index (χ3v) is 3.75. The van der Waals surface area contributed by atoms with Crippen LogP contribution in [0.3, 0.4) is 0 Å². The molecule has 1 saturated carbocycles. The number of aliphatic carboxylic acids is 1. The van der Waals surface area contributed by atoms with E-state index in [1.807, 2.05) is 0 Å². The van der Waals surface area contributed by atoms with E-state index >= 15 is 0 Å². The SMILES string of the molecule is COCCCCC(=O)NC1(C(=O)O)CCCCCC1. The number of hydrogen-bond donors (Lipinski definition) is 2. The minimum absolute atomic E-state index is 0.152. The van der Waals surface area contributed by atoms with Gasteiger partial charge in [-0.05, 0) is 25.7 Å². The summed E-state index contributed by atoms with van der Waals surface area (Å²) in [6, 6.07) is 0. The van der Waals surface area contributed by atoms with E-state index in [2.05, 4.69) is 5.32 Å². The molecular weight excluding hydrogens is 246 g/mol. The van der Waals surface area contributed by atoms with Gasteiger partial charge >= 0.3 is 5.97 Å². The zero-order valence-corrected chi connectivity index (χ0v) is 11.7. The van der Waals surface area contributed by atoms with Crippen LogP contribution in [0, 0.1) is 0 Å². The highest BCUT2D eigenvalue weighted by Gasteiger charge is 2.39. The Hall–Kier alpha value is -1.10. The predicted octanol–water partition coefficient (Wildman–Crippen LogP) is 2.10. The van der Waals surface area contributed by atoms with Crippen LogP contribution in [-0.4, -0.2) is 36.2 Å². The van der Waals surface area contributed by atoms with Crippen molar-refractivity contribution in [3.63, 3.8) is 0 Å². The number of nitrogens with one attached hydrogen (secondary N) is 1. The first-order chi connectivity index (χ1) is 9.10. The number of amides is 1. The van der Waals surface area contributed by atoms with Gasteiger partial charge in [-0.2, -0.15) is 0 Å². The molecule has 19 heavy (non-hydrogen) atoms. The minimum Gasteiger partial charge on any atom is -0.480 e. The van der Waals surface area contributed by atoms with Gasteiger partial charge in [0.25, 0.3) is 0 Å². The van der Waals surface area contributed by atoms with Crippen LogP contribution in [0.25, 0.3) is 0 Å². The molecule has 1 rings (SSSR count). The van der Waals surface area contributed by atoms with Crippen LogP contribution in [0.5, 0.6) is 0 Å². The molecule has 0 radical (unpaired) electrons. The lowest BCUT2D eigenvalue weighted by Gasteiger charge is -2.29. The molecule has 1 aliphatic rings. The summed E-state index contributed by atoms with van der Waals surface area (Å²) in [5.74, 6) is -1.04. The molecular formula is C14H25NO4. The van der Waals surface area contributed by atoms with Gasteiger partial charge in [0.1, 0.15) is 5.54 Å². The molecule has 0 atom stereocenters. The van der Waals surface area contributed by atoms with E-state index in [1.54, 1.807) is 7.11 Å². The second-order valence-electron chi connectivity index (χ2n) is 5.30. The molecule has 0 aliphatic heterocycles. The lowest BCUT2D eigenvalue weighted by Crippen LogP contribution is -2.54. The predicted molar refractivity (Wildman–Crippen MR) is 71.9 cm³/mol. The van der Waals surface area contributed by atoms with Gasteiger partial charge in [0.15, 0.2) is 0 Å². The zero-order chi connectivity index (χ0) is 14.1. The number of carbonyl (C=O) groups excluding carboxylic acids is 1. The van der Waals surface area contributed by atoms with Crippen LogP contribution in [0.15, 0.2) is 0 Å². The van der Waals surface area contributed by atoms with E-state index in [0.29, 0.717) is 25.9 Å². The van der Waals surface area contributed by atoms with Crippen molar-refractivity contribution in [2.45, 2.75) is 63.3 Å². The maximum atomic E-state index is 11.9. The van der Waals surface area contributed by atoms with Crippen molar-refractivity contribution in [3.05, 3.63) is 0 Å². The molecule has 0 unspecified atom stereocenters. The first-order valence-corrected chi connectivity index (χ1v) is 7.14. The summed E-state index contributed by atoms with van der Waals surface area (Å²) in [4.78, 5) is 23.4. The van der Waals surface area contributed by atoms with Crippen LogP contribution in [0.1, 0.15) is 57.8 Å². The van der Waals surface area contributed by atoms with Crippen LogP contribution in [-0.2, 0) is 14.3 Å². The maximum absolute atomic E-state index is 11.9. The summed E-state index contributed by atoms with van der Waals surface area (Å²) in [6.45, 7) is 0.636. The van der Waals surface area contributed by atoms with Gasteiger partial charge in [-0.25, -0.2) is 4.79 Å². The average molecular weight is 271 g/mol. The third-order valence-electron chi connectivity index (χ3n) is 3.75. The lowest BCUT2D eigenvalue weighted by molar-refractivity contribution is -0.148. The fourth-order valence-electron chi connectivity index (χ4n) is 2.59. The van der Waals surface area contributed by atoms with E-state index in [0.717, 1.165) is 38.5 Å². The molecule has 0 bridgehead atoms. The van der Waals surface area contributed by atoms with Crippen molar-refractivity contribution >= 4 is 11.9 Å². The molecule has 1 aliphatic carbocycles. The Morgan fingerprint density at radius 3 is 2.32 bits per heavy atom. The van der Waals surface area contributed by atoms with Gasteiger partial charge in [-0.1, -0.05) is 25.7 Å². The van der Waals surface area contributed by atoms with E-state index in [1.165, 1.54) is 0 Å². The molecule has 5 heteroatoms. The molecule has 0 spiro atoms. The standard InChI is InChI=1S/C14H25NO4/c1-19-11-7-4-8-12(16)15-14(13(17)18)9-5-2-3-6-10-14/h2-11H2,1H3,(H,15,16)(H,17,18). The highest BCUT2D eigenvalue weighted by atomic mass is 16.5. The van der Waals surface area contributed by atoms with Gasteiger partial charge < -0.3 is 15.2 Å². The molecule has 0 aromatic rings. The highest BCUT2D eigenvalue weighted by molar-refractivity contribution is 5.87. The van der Waals surface area contributed by atoms with E-state index in [9.17, 15) is 14.7 Å². The van der Waals surface area contributed by atoms with E-state index in [-0.39, 0.29) is 5.91 Å². The quantitative estimate of drug-likeness (QED) is 0.549. The lowest BCUT2D eigenvalue weighted by atomic mass is 9.90. The van der Waals surface area contributed by atoms with Gasteiger partial charge in [0.05, 0.1) is 0 Å². The molecule has 0 heterocycles. The second-order valence-corrected chi connectivity index (χ2v) is 5.30. The molecule has 1 amide bonds. The summed E-state index contributed by atoms with van der Waals surface area (Å²) in [5.41, 5.74) is -1.03. The number of carboxylic acids is 1. The Balaban J connectivity index is 2.48. The van der Waals surface area contributed by atoms with Crippen molar-refractivity contribution in [1.29, 1.82) is 0 Å². The van der Waals surface area contributed by atoms with Crippen molar-refractivity contribution in [3.8, 4) is 0 Å². The Morgan fingerprint density at radius 2 is 1.79 bits per heavy atom. The third kappa shape index (κ3) is 5.19. The van der Waals surface area contributed by atoms with Crippen molar-refractivity contribution in [2.24, 2.45) is 0 Å². The maximum Gasteiger partial charge on any atom is 0.329 e. The number of carbonyl (C=O) groups is 2. The van der Waals surface area contributed by atoms with E-state index in [4.69, 9.17) is 4.74 Å². The number of methoxy groups -OCH3 is 1. The van der Waals surface area contributed by atoms with Crippen molar-refractivity contribution < 1.29 is 19.4 Å². The molecule has 2 N–H and O–H groups in total. The second kappa shape index (κ2) is 8.15. The Kier molecular flexibility index (Phi) is 6.84. The van der Waals surface area contributed by atoms with Gasteiger partial charge in [-0.15, -0.1) is 0 Å². The summed E-state index contributed by atoms with van der Waals surface area (Å²) >= 11 is 0. The molecule has 1 fully saturated rings. The van der Waals surface area contributed by atoms with E-state index < -0.39 is 11.5 Å². The summed E-state index contributed by atoms with van der Waals surface area (Å²) in [6.07, 6.45) is 6.88. The fraction of sp³-hybridized carbons (Fsp3) is 0.857. The first-order valence-electron chi connectivity index (χ1n) is 7.14. The highest BCUT2D eigenvalue weighted by Crippen LogP contribution is 2.27. The van der Waals surface area contributed by atoms with Crippen LogP contribution < -0.4 is 5.32 Å². The van der Waals surface area contributed by atoms with Crippen LogP contribution in [0.2, 0.25) is 0 Å². The Bertz CT molecular complexity index is 296. The fourth-order valence-corrected chi connectivity index (χ4v) is 2.59. The number of rotatable bonds is 7. The molecule has 0 saturated heterocycles. The van der Waals surface area contributed by atoms with Gasteiger partial charge in [0, 0.05) is 20.1 Å². The van der Waals surface area contributed by atoms with Crippen molar-refractivity contribution in [1.82, 2.24) is 5.32 Å². The normalized spacial score (nSPS) is 18.6. The molecule has 0 aromatic heterocycles. The van der Waals surface area contributed by atoms with Gasteiger partial charge in [0.2, 0.25) is 5.91 Å². The topological polar surface area (TPSA) is 75.6 Å². The number of ether oxygens (including phenoxy) is 1. The number of unbranched alkanes of at least 4 members (excludes halogenated alkanes) is 1. The van der Waals surface area contributed by atoms with Crippen molar-refractivity contribution in [2.75, 3.05) is 13.7 Å². The molecule has 110 valence electrons. The largest absolute Gasteiger partial charge is 0.480 e. The Labute approximate surface area is 114 Å². The molecule has 5 nitrogen and oxygen atoms in total. The zero-order valence-electron chi connectivity index (χ0n) is 11.7. The smallest absolute Gasteiger partial charge is 0.329 e. The first kappa shape index (κ1) is 16.0. The monoisotopic (exact) mass is 271 g/mol. The number of carboxylic acid groups (broad SMARTS) is 1.